The molecule has 0 unspecified atom stereocenters. The molecule has 0 spiro atoms. The highest BCUT2D eigenvalue weighted by Gasteiger charge is 2.01. The second kappa shape index (κ2) is 24.5. The number of carbonyl (C=O) groups is 1. The maximum absolute atomic E-state index is 11.5. The lowest BCUT2D eigenvalue weighted by Crippen LogP contribution is -2.05. The summed E-state index contributed by atoms with van der Waals surface area (Å²) in [7, 11) is 0. The van der Waals surface area contributed by atoms with Gasteiger partial charge in [0.1, 0.15) is 0 Å². The zero-order valence-electron chi connectivity index (χ0n) is 19.6. The third-order valence-electron chi connectivity index (χ3n) is 5.75. The van der Waals surface area contributed by atoms with Crippen molar-refractivity contribution in [2.45, 2.75) is 155 Å². The predicted octanol–water partition coefficient (Wildman–Crippen LogP) is 9.15. The molecule has 28 heavy (non-hydrogen) atoms. The molecule has 0 atom stereocenters. The topological polar surface area (TPSA) is 26.3 Å². The maximum Gasteiger partial charge on any atom is 0.305 e. The average Bonchev–Trinajstić information content (AvgIpc) is 2.70. The van der Waals surface area contributed by atoms with Crippen molar-refractivity contribution in [1.29, 1.82) is 0 Å². The molecule has 0 aromatic heterocycles. The van der Waals surface area contributed by atoms with Gasteiger partial charge in [0.2, 0.25) is 0 Å². The van der Waals surface area contributed by atoms with Gasteiger partial charge in [-0.1, -0.05) is 136 Å². The lowest BCUT2D eigenvalue weighted by Gasteiger charge is -2.05. The highest BCUT2D eigenvalue weighted by Crippen LogP contribution is 2.14. The monoisotopic (exact) mass is 396 g/mol. The Labute approximate surface area is 177 Å². The van der Waals surface area contributed by atoms with Crippen LogP contribution >= 0.6 is 0 Å². The van der Waals surface area contributed by atoms with Gasteiger partial charge < -0.3 is 4.74 Å². The molecule has 0 saturated carbocycles. The molecule has 0 fully saturated rings. The largest absolute Gasteiger partial charge is 0.466 e. The molecular formula is C26H52O2. The second-order valence-electron chi connectivity index (χ2n) is 8.69. The van der Waals surface area contributed by atoms with Crippen molar-refractivity contribution in [2.24, 2.45) is 0 Å². The van der Waals surface area contributed by atoms with Crippen molar-refractivity contribution in [2.75, 3.05) is 6.61 Å². The number of hydrogen-bond donors (Lipinski definition) is 0. The zero-order valence-corrected chi connectivity index (χ0v) is 19.6. The Kier molecular flexibility index (Phi) is 24.0. The standard InChI is InChI=1S/C26H52O2/c1-3-5-7-8-9-10-11-12-13-14-15-16-17-18-19-20-21-23-25-28-26(27)24-22-6-4-2/h3-25H2,1-2H3. The van der Waals surface area contributed by atoms with Gasteiger partial charge in [-0.05, 0) is 12.8 Å². The molecule has 0 aliphatic carbocycles. The normalized spacial score (nSPS) is 11.1. The first-order chi connectivity index (χ1) is 13.8. The van der Waals surface area contributed by atoms with Gasteiger partial charge in [0.05, 0.1) is 6.61 Å². The van der Waals surface area contributed by atoms with E-state index in [9.17, 15) is 4.79 Å². The van der Waals surface area contributed by atoms with E-state index in [4.69, 9.17) is 4.74 Å². The van der Waals surface area contributed by atoms with E-state index in [1.165, 1.54) is 109 Å². The second-order valence-corrected chi connectivity index (χ2v) is 8.69. The van der Waals surface area contributed by atoms with Crippen LogP contribution in [-0.4, -0.2) is 12.6 Å². The molecule has 0 saturated heterocycles. The lowest BCUT2D eigenvalue weighted by atomic mass is 10.0. The number of carbonyl (C=O) groups excluding carboxylic acids is 1. The molecule has 0 rings (SSSR count). The van der Waals surface area contributed by atoms with Crippen LogP contribution in [0.2, 0.25) is 0 Å². The van der Waals surface area contributed by atoms with Crippen LogP contribution in [0, 0.1) is 0 Å². The summed E-state index contributed by atoms with van der Waals surface area (Å²) < 4.78 is 5.28. The molecule has 0 N–H and O–H groups in total. The molecule has 0 amide bonds. The zero-order chi connectivity index (χ0) is 20.5. The van der Waals surface area contributed by atoms with E-state index in [2.05, 4.69) is 13.8 Å². The summed E-state index contributed by atoms with van der Waals surface area (Å²) in [6.45, 7) is 5.07. The molecule has 0 bridgehead atoms. The molecule has 0 heterocycles. The molecule has 0 aliphatic rings. The van der Waals surface area contributed by atoms with Crippen LogP contribution in [-0.2, 0) is 9.53 Å². The Bertz CT molecular complexity index is 301. The van der Waals surface area contributed by atoms with Crippen molar-refractivity contribution < 1.29 is 9.53 Å². The third-order valence-corrected chi connectivity index (χ3v) is 5.75. The van der Waals surface area contributed by atoms with Crippen LogP contribution in [0.1, 0.15) is 155 Å². The number of hydrogen-bond acceptors (Lipinski definition) is 2. The van der Waals surface area contributed by atoms with E-state index in [1.54, 1.807) is 0 Å². The minimum atomic E-state index is 0.000392. The van der Waals surface area contributed by atoms with E-state index >= 15 is 0 Å². The van der Waals surface area contributed by atoms with Crippen molar-refractivity contribution >= 4 is 5.97 Å². The van der Waals surface area contributed by atoms with Crippen LogP contribution in [0.3, 0.4) is 0 Å². The smallest absolute Gasteiger partial charge is 0.305 e. The Morgan fingerprint density at radius 3 is 1.18 bits per heavy atom. The van der Waals surface area contributed by atoms with Gasteiger partial charge in [0, 0.05) is 6.42 Å². The summed E-state index contributed by atoms with van der Waals surface area (Å²) in [4.78, 5) is 11.5. The van der Waals surface area contributed by atoms with Gasteiger partial charge in [0.25, 0.3) is 0 Å². The minimum absolute atomic E-state index is 0.000392. The number of unbranched alkanes of at least 4 members (excludes halogenated alkanes) is 19. The molecule has 0 aromatic carbocycles. The van der Waals surface area contributed by atoms with Gasteiger partial charge >= 0.3 is 5.97 Å². The fourth-order valence-electron chi connectivity index (χ4n) is 3.78. The number of rotatable bonds is 23. The third kappa shape index (κ3) is 23.5. The summed E-state index contributed by atoms with van der Waals surface area (Å²) in [6.07, 6.45) is 28.8. The van der Waals surface area contributed by atoms with Gasteiger partial charge in [-0.3, -0.25) is 4.79 Å². The Morgan fingerprint density at radius 1 is 0.464 bits per heavy atom. The molecule has 0 aliphatic heterocycles. The highest BCUT2D eigenvalue weighted by molar-refractivity contribution is 5.69. The summed E-state index contributed by atoms with van der Waals surface area (Å²) in [5.41, 5.74) is 0. The van der Waals surface area contributed by atoms with Crippen molar-refractivity contribution in [1.82, 2.24) is 0 Å². The molecule has 2 nitrogen and oxygen atoms in total. The van der Waals surface area contributed by atoms with Crippen LogP contribution in [0.15, 0.2) is 0 Å². The van der Waals surface area contributed by atoms with E-state index in [0.717, 1.165) is 25.7 Å². The van der Waals surface area contributed by atoms with Crippen LogP contribution in [0.25, 0.3) is 0 Å². The first-order valence-corrected chi connectivity index (χ1v) is 13.0. The molecule has 0 aromatic rings. The quantitative estimate of drug-likeness (QED) is 0.127. The van der Waals surface area contributed by atoms with Gasteiger partial charge in [-0.25, -0.2) is 0 Å². The van der Waals surface area contributed by atoms with E-state index in [1.807, 2.05) is 0 Å². The lowest BCUT2D eigenvalue weighted by molar-refractivity contribution is -0.143. The number of esters is 1. The predicted molar refractivity (Wildman–Crippen MR) is 124 cm³/mol. The molecule has 2 heteroatoms. The average molecular weight is 397 g/mol. The van der Waals surface area contributed by atoms with Crippen molar-refractivity contribution in [3.63, 3.8) is 0 Å². The Hall–Kier alpha value is -0.530. The fourth-order valence-corrected chi connectivity index (χ4v) is 3.78. The summed E-state index contributed by atoms with van der Waals surface area (Å²) >= 11 is 0. The van der Waals surface area contributed by atoms with Crippen LogP contribution in [0.4, 0.5) is 0 Å². The maximum atomic E-state index is 11.5. The van der Waals surface area contributed by atoms with Gasteiger partial charge in [-0.15, -0.1) is 0 Å². The Morgan fingerprint density at radius 2 is 0.786 bits per heavy atom. The fraction of sp³-hybridized carbons (Fsp3) is 0.962. The summed E-state index contributed by atoms with van der Waals surface area (Å²) in [5, 5.41) is 0. The molecule has 0 radical (unpaired) electrons. The molecular weight excluding hydrogens is 344 g/mol. The molecule has 168 valence electrons. The summed E-state index contributed by atoms with van der Waals surface area (Å²) in [5.74, 6) is 0.000392. The first-order valence-electron chi connectivity index (χ1n) is 13.0. The van der Waals surface area contributed by atoms with Crippen LogP contribution < -0.4 is 0 Å². The van der Waals surface area contributed by atoms with E-state index in [-0.39, 0.29) is 5.97 Å². The van der Waals surface area contributed by atoms with Gasteiger partial charge in [0.15, 0.2) is 0 Å². The summed E-state index contributed by atoms with van der Waals surface area (Å²) in [6, 6.07) is 0. The van der Waals surface area contributed by atoms with Crippen molar-refractivity contribution in [3.8, 4) is 0 Å². The minimum Gasteiger partial charge on any atom is -0.466 e. The first kappa shape index (κ1) is 27.5. The van der Waals surface area contributed by atoms with E-state index < -0.39 is 0 Å². The highest BCUT2D eigenvalue weighted by atomic mass is 16.5. The van der Waals surface area contributed by atoms with Crippen LogP contribution in [0.5, 0.6) is 0 Å². The SMILES string of the molecule is CCCCCCCCCCCCCCCCCCCCOC(=O)CCCCC. The number of ether oxygens (including phenoxy) is 1. The van der Waals surface area contributed by atoms with Crippen molar-refractivity contribution in [3.05, 3.63) is 0 Å². The Balaban J connectivity index is 3.06. The van der Waals surface area contributed by atoms with Gasteiger partial charge in [-0.2, -0.15) is 0 Å². The van der Waals surface area contributed by atoms with E-state index in [0.29, 0.717) is 13.0 Å².